The molecule has 0 aromatic heterocycles. The molecule has 2 saturated carbocycles. The Bertz CT molecular complexity index is 928. The largest absolute Gasteiger partial charge is 0.303 e. The van der Waals surface area contributed by atoms with Gasteiger partial charge in [0, 0.05) is 50.1 Å². The molecule has 1 N–H and O–H groups in total. The zero-order valence-electron chi connectivity index (χ0n) is 18.9. The zero-order valence-corrected chi connectivity index (χ0v) is 19.7. The SMILES string of the molecule is CCC1(c2cccc(NS(=O)(=O)C3CC3)c2)C2CN(CCCN3CCC(F)(F)CC3)CC21. The van der Waals surface area contributed by atoms with Gasteiger partial charge in [0.25, 0.3) is 5.92 Å². The van der Waals surface area contributed by atoms with Gasteiger partial charge in [0.1, 0.15) is 0 Å². The number of alkyl halides is 2. The van der Waals surface area contributed by atoms with E-state index in [2.05, 4.69) is 33.6 Å². The smallest absolute Gasteiger partial charge is 0.250 e. The highest BCUT2D eigenvalue weighted by atomic mass is 32.2. The maximum atomic E-state index is 13.3. The number of hydrogen-bond acceptors (Lipinski definition) is 4. The van der Waals surface area contributed by atoms with E-state index in [-0.39, 0.29) is 23.5 Å². The number of sulfonamides is 1. The molecule has 1 aromatic carbocycles. The van der Waals surface area contributed by atoms with Crippen LogP contribution in [0.15, 0.2) is 24.3 Å². The van der Waals surface area contributed by atoms with Crippen molar-refractivity contribution >= 4 is 15.7 Å². The first kappa shape index (κ1) is 22.5. The Labute approximate surface area is 190 Å². The number of fused-ring (bicyclic) bond motifs is 1. The van der Waals surface area contributed by atoms with Crippen molar-refractivity contribution in [1.82, 2.24) is 9.80 Å². The first-order valence-corrected chi connectivity index (χ1v) is 13.7. The second-order valence-corrected chi connectivity index (χ2v) is 12.3. The summed E-state index contributed by atoms with van der Waals surface area (Å²) in [5.41, 5.74) is 2.12. The summed E-state index contributed by atoms with van der Waals surface area (Å²) >= 11 is 0. The van der Waals surface area contributed by atoms with Crippen molar-refractivity contribution in [3.05, 3.63) is 29.8 Å². The fraction of sp³-hybridized carbons (Fsp3) is 0.750. The predicted octanol–water partition coefficient (Wildman–Crippen LogP) is 3.92. The molecule has 4 aliphatic rings. The number of nitrogens with one attached hydrogen (secondary N) is 1. The Kier molecular flexibility index (Phi) is 5.78. The molecule has 8 heteroatoms. The molecule has 178 valence electrons. The van der Waals surface area contributed by atoms with Crippen molar-refractivity contribution in [3.8, 4) is 0 Å². The van der Waals surface area contributed by atoms with E-state index < -0.39 is 15.9 Å². The Morgan fingerprint density at radius 1 is 1.06 bits per heavy atom. The minimum atomic E-state index is -3.25. The summed E-state index contributed by atoms with van der Waals surface area (Å²) in [5.74, 6) is -1.22. The highest BCUT2D eigenvalue weighted by molar-refractivity contribution is 7.93. The van der Waals surface area contributed by atoms with Gasteiger partial charge in [-0.3, -0.25) is 4.72 Å². The Hall–Kier alpha value is -1.25. The van der Waals surface area contributed by atoms with Crippen molar-refractivity contribution in [1.29, 1.82) is 0 Å². The van der Waals surface area contributed by atoms with Crippen molar-refractivity contribution < 1.29 is 17.2 Å². The van der Waals surface area contributed by atoms with Gasteiger partial charge in [-0.1, -0.05) is 19.1 Å². The van der Waals surface area contributed by atoms with E-state index in [9.17, 15) is 17.2 Å². The zero-order chi connectivity index (χ0) is 22.6. The summed E-state index contributed by atoms with van der Waals surface area (Å²) in [4.78, 5) is 4.71. The highest BCUT2D eigenvalue weighted by Crippen LogP contribution is 2.65. The van der Waals surface area contributed by atoms with E-state index in [1.165, 1.54) is 5.56 Å². The average molecular weight is 468 g/mol. The van der Waals surface area contributed by atoms with E-state index in [1.807, 2.05) is 12.1 Å². The Balaban J connectivity index is 1.14. The highest BCUT2D eigenvalue weighted by Gasteiger charge is 2.67. The lowest BCUT2D eigenvalue weighted by Gasteiger charge is -2.32. The van der Waals surface area contributed by atoms with E-state index in [4.69, 9.17) is 0 Å². The van der Waals surface area contributed by atoms with Crippen molar-refractivity contribution in [2.75, 3.05) is 44.0 Å². The molecular weight excluding hydrogens is 432 g/mol. The molecule has 1 aromatic rings. The van der Waals surface area contributed by atoms with E-state index in [0.717, 1.165) is 51.9 Å². The van der Waals surface area contributed by atoms with Crippen LogP contribution >= 0.6 is 0 Å². The van der Waals surface area contributed by atoms with Gasteiger partial charge in [-0.15, -0.1) is 0 Å². The van der Waals surface area contributed by atoms with Crippen LogP contribution < -0.4 is 4.72 Å². The van der Waals surface area contributed by atoms with Crippen LogP contribution in [0.1, 0.15) is 51.0 Å². The number of likely N-dealkylation sites (tertiary alicyclic amines) is 2. The molecule has 32 heavy (non-hydrogen) atoms. The van der Waals surface area contributed by atoms with Gasteiger partial charge < -0.3 is 9.80 Å². The maximum absolute atomic E-state index is 13.3. The van der Waals surface area contributed by atoms with Gasteiger partial charge in [0.15, 0.2) is 0 Å². The van der Waals surface area contributed by atoms with Gasteiger partial charge in [-0.25, -0.2) is 17.2 Å². The number of hydrogen-bond donors (Lipinski definition) is 1. The fourth-order valence-corrected chi connectivity index (χ4v) is 7.65. The summed E-state index contributed by atoms with van der Waals surface area (Å²) in [7, 11) is -3.25. The van der Waals surface area contributed by atoms with Crippen molar-refractivity contribution in [3.63, 3.8) is 0 Å². The van der Waals surface area contributed by atoms with Crippen LogP contribution in [0.5, 0.6) is 0 Å². The number of rotatable bonds is 9. The standard InChI is InChI=1S/C24H35F2N3O2S/c1-2-24(18-5-3-6-19(15-18)27-32(30,31)20-7-8-20)21-16-29(17-22(21)24)12-4-11-28-13-9-23(25,26)10-14-28/h3,5-6,15,20-22,27H,2,4,7-14,16-17H2,1H3. The van der Waals surface area contributed by atoms with Gasteiger partial charge in [-0.05, 0) is 68.3 Å². The first-order valence-electron chi connectivity index (χ1n) is 12.2. The molecule has 0 radical (unpaired) electrons. The molecule has 0 amide bonds. The van der Waals surface area contributed by atoms with Crippen LogP contribution in [-0.2, 0) is 15.4 Å². The van der Waals surface area contributed by atoms with Crippen LogP contribution in [-0.4, -0.2) is 68.7 Å². The van der Waals surface area contributed by atoms with Crippen LogP contribution in [0.4, 0.5) is 14.5 Å². The third kappa shape index (κ3) is 4.30. The molecule has 2 unspecified atom stereocenters. The minimum absolute atomic E-state index is 0.00421. The summed E-state index contributed by atoms with van der Waals surface area (Å²) in [6.07, 6.45) is 3.61. The predicted molar refractivity (Wildman–Crippen MR) is 123 cm³/mol. The molecule has 2 atom stereocenters. The number of piperidine rings is 2. The molecule has 2 aliphatic heterocycles. The minimum Gasteiger partial charge on any atom is -0.303 e. The second kappa shape index (κ2) is 8.20. The summed E-state index contributed by atoms with van der Waals surface area (Å²) in [6.45, 7) is 7.36. The number of nitrogens with zero attached hydrogens (tertiary/aromatic N) is 2. The summed E-state index contributed by atoms with van der Waals surface area (Å²) < 4.78 is 54.1. The number of benzene rings is 1. The molecule has 0 spiro atoms. The van der Waals surface area contributed by atoms with E-state index in [0.29, 0.717) is 30.6 Å². The lowest BCUT2D eigenvalue weighted by Crippen LogP contribution is -2.40. The quantitative estimate of drug-likeness (QED) is 0.598. The van der Waals surface area contributed by atoms with Gasteiger partial charge in [0.2, 0.25) is 10.0 Å². The summed E-state index contributed by atoms with van der Waals surface area (Å²) in [5, 5.41) is -0.221. The topological polar surface area (TPSA) is 52.7 Å². The Morgan fingerprint density at radius 3 is 2.34 bits per heavy atom. The van der Waals surface area contributed by atoms with E-state index in [1.54, 1.807) is 0 Å². The van der Waals surface area contributed by atoms with Crippen LogP contribution in [0.3, 0.4) is 0 Å². The average Bonchev–Trinajstić information content (AvgIpc) is 3.66. The van der Waals surface area contributed by atoms with Crippen LogP contribution in [0.2, 0.25) is 0 Å². The van der Waals surface area contributed by atoms with Crippen molar-refractivity contribution in [2.24, 2.45) is 11.8 Å². The lowest BCUT2D eigenvalue weighted by molar-refractivity contribution is -0.0553. The normalized spacial score (nSPS) is 32.6. The third-order valence-electron chi connectivity index (χ3n) is 8.35. The molecule has 5 nitrogen and oxygen atoms in total. The van der Waals surface area contributed by atoms with Crippen LogP contribution in [0, 0.1) is 11.8 Å². The van der Waals surface area contributed by atoms with E-state index >= 15 is 0 Å². The molecule has 4 fully saturated rings. The molecular formula is C24H35F2N3O2S. The molecule has 2 heterocycles. The lowest BCUT2D eigenvalue weighted by atomic mass is 9.87. The summed E-state index contributed by atoms with van der Waals surface area (Å²) in [6, 6.07) is 8.05. The van der Waals surface area contributed by atoms with Gasteiger partial charge in [-0.2, -0.15) is 0 Å². The molecule has 2 aliphatic carbocycles. The van der Waals surface area contributed by atoms with Crippen LogP contribution in [0.25, 0.3) is 0 Å². The second-order valence-electron chi connectivity index (χ2n) is 10.3. The first-order chi connectivity index (χ1) is 15.2. The Morgan fingerprint density at radius 2 is 1.72 bits per heavy atom. The molecule has 0 bridgehead atoms. The maximum Gasteiger partial charge on any atom is 0.250 e. The number of halogens is 2. The monoisotopic (exact) mass is 467 g/mol. The van der Waals surface area contributed by atoms with Gasteiger partial charge >= 0.3 is 0 Å². The van der Waals surface area contributed by atoms with Gasteiger partial charge in [0.05, 0.1) is 5.25 Å². The fourth-order valence-electron chi connectivity index (χ4n) is 6.27. The molecule has 2 saturated heterocycles. The molecule has 5 rings (SSSR count). The number of anilines is 1. The third-order valence-corrected chi connectivity index (χ3v) is 10.2. The van der Waals surface area contributed by atoms with Crippen molar-refractivity contribution in [2.45, 2.75) is 62.0 Å².